The zero-order chi connectivity index (χ0) is 92.2. The van der Waals surface area contributed by atoms with Crippen molar-refractivity contribution in [3.8, 4) is 0 Å². The number of hydrogen-bond donors (Lipinski definition) is 28. The number of amides is 10. The van der Waals surface area contributed by atoms with Crippen molar-refractivity contribution >= 4 is 144 Å². The van der Waals surface area contributed by atoms with E-state index in [9.17, 15) is 69.3 Å². The number of anilines is 1. The maximum Gasteiger partial charge on any atom is 0.294 e. The van der Waals surface area contributed by atoms with Gasteiger partial charge in [-0.25, -0.2) is 8.42 Å². The molecule has 0 aliphatic carbocycles. The number of imide groups is 1. The molecule has 10 amide bonds. The molecule has 1 saturated heterocycles. The van der Waals surface area contributed by atoms with Gasteiger partial charge in [0.25, 0.3) is 10.1 Å². The molecule has 2 aromatic carbocycles. The normalized spacial score (nSPS) is 16.4. The zero-order valence-electron chi connectivity index (χ0n) is 70.4. The molecule has 3 heterocycles. The summed E-state index contributed by atoms with van der Waals surface area (Å²) in [7, 11) is -7.32. The Kier molecular flexibility index (Phi) is 41.2. The van der Waals surface area contributed by atoms with E-state index in [2.05, 4.69) is 74.0 Å². The SMILES string of the molecule is C[C@H](CCCNC(=N)N)C(=O)N[C@H](CCCNC(=N)N)C(=O)N[C@H](CCCNC(=N)N)C(=O)N[C@H](CCCNC(=N)N)C(=O)N[C@H](CCCNC(=N)N)C(=O)N[C@H](CCCNC(=N)N)C(=O)N[C@H](CSC1CC(=O)N(CCNC(=O)CCCCCN2/C(=C/C=C/C=C/C3=Nc4ccc([SH](=O)=O)cc4C3(C)C)C(C)(C)c3cc(S(=O)(=O)O)ccc32)C1=O)C(N)=O. The second-order valence-electron chi connectivity index (χ2n) is 30.9. The van der Waals surface area contributed by atoms with Gasteiger partial charge in [0.1, 0.15) is 36.3 Å². The molecule has 3 aliphatic rings. The van der Waals surface area contributed by atoms with Gasteiger partial charge in [0.2, 0.25) is 59.1 Å². The monoisotopic (exact) mass is 1790 g/mol. The fraction of sp³-hybridized carbons (Fsp3) is 0.545. The van der Waals surface area contributed by atoms with Crippen molar-refractivity contribution in [2.75, 3.05) is 69.6 Å². The van der Waals surface area contributed by atoms with Crippen molar-refractivity contribution in [2.45, 2.75) is 206 Å². The summed E-state index contributed by atoms with van der Waals surface area (Å²) in [6, 6.07) is 0.416. The minimum atomic E-state index is -4.54. The molecule has 47 heteroatoms. The molecule has 0 spiro atoms. The summed E-state index contributed by atoms with van der Waals surface area (Å²) in [4.78, 5) is 148. The number of allylic oxidation sites excluding steroid dienone is 6. The number of primary amides is 1. The van der Waals surface area contributed by atoms with E-state index >= 15 is 0 Å². The third kappa shape index (κ3) is 33.6. The van der Waals surface area contributed by atoms with E-state index in [1.54, 1.807) is 25.1 Å². The lowest BCUT2D eigenvalue weighted by Gasteiger charge is -2.28. The Labute approximate surface area is 726 Å². The first-order chi connectivity index (χ1) is 58.4. The summed E-state index contributed by atoms with van der Waals surface area (Å²) in [5, 5.41) is 79.0. The van der Waals surface area contributed by atoms with Gasteiger partial charge in [-0.3, -0.25) is 94.8 Å². The van der Waals surface area contributed by atoms with Crippen molar-refractivity contribution in [3.63, 3.8) is 0 Å². The lowest BCUT2D eigenvalue weighted by Crippen LogP contribution is -2.60. The number of guanidine groups is 6. The molecule has 684 valence electrons. The Morgan fingerprint density at radius 1 is 0.524 bits per heavy atom. The highest BCUT2D eigenvalue weighted by atomic mass is 32.2. The van der Waals surface area contributed by atoms with Gasteiger partial charge in [-0.2, -0.15) is 8.42 Å². The molecule has 1 unspecified atom stereocenters. The van der Waals surface area contributed by atoms with Gasteiger partial charge >= 0.3 is 0 Å². The molecule has 5 rings (SSSR count). The van der Waals surface area contributed by atoms with Crippen LogP contribution < -0.4 is 114 Å². The van der Waals surface area contributed by atoms with Gasteiger partial charge < -0.3 is 114 Å². The van der Waals surface area contributed by atoms with Gasteiger partial charge in [0, 0.05) is 106 Å². The number of likely N-dealkylation sites (tertiary alicyclic amines) is 1. The van der Waals surface area contributed by atoms with Crippen LogP contribution in [0.5, 0.6) is 0 Å². The summed E-state index contributed by atoms with van der Waals surface area (Å²) in [6.45, 7) is 10.1. The standard InChI is InChI=1S/C77H123N29O15S3/c1-44(18-12-31-92-70(79)80)63(110)99-50(19-13-32-93-71(81)82)64(111)100-51(20-14-33-94-72(83)84)65(112)101-52(21-15-34-95-73(85)86)66(113)102-53(22-16-35-96-74(87)88)67(114)103-54(23-17-36-97-75(89)90)68(115)104-55(62(78)109)43-122-57-42-61(108)106(69(57)116)39-37-91-60(107)26-10-7-11-38-105-56-30-28-46(124(119,120)121)41-48(56)77(4,5)59(105)25-9-6-8-24-58-76(2,3)47-40-45(123(117)118)27-29-49(47)98-58/h6,8-9,24-25,27-30,40-41,44,50-55,57,123H,7,10-23,26,31-39,42-43H2,1-5H3,(H2,78,109)(H,91,107)(H,99,110)(H,100,111)(H,101,112)(H,102,113)(H,103,114)(H,104,115)(H4,79,80,92)(H4,81,82,93)(H4,83,84,94)(H4,85,86,95)(H4,87,88,96)(H4,89,90,97)(H,119,120,121)/b9-6+,24-8+,59-25+/t44-,50-,51-,52-,53-,54-,55-,57?/m1/s1. The van der Waals surface area contributed by atoms with Crippen LogP contribution in [0.3, 0.4) is 0 Å². The van der Waals surface area contributed by atoms with Gasteiger partial charge in [-0.05, 0) is 150 Å². The Bertz CT molecular complexity index is 4550. The number of nitrogens with zero attached hydrogens (tertiary/aromatic N) is 3. The fourth-order valence-electron chi connectivity index (χ4n) is 13.8. The molecule has 0 aromatic heterocycles. The van der Waals surface area contributed by atoms with E-state index in [-0.39, 0.29) is 156 Å². The van der Waals surface area contributed by atoms with Crippen LogP contribution in [0.2, 0.25) is 0 Å². The van der Waals surface area contributed by atoms with Crippen LogP contribution >= 0.6 is 11.8 Å². The molecule has 3 aliphatic heterocycles. The van der Waals surface area contributed by atoms with Crippen molar-refractivity contribution in [3.05, 3.63) is 83.6 Å². The number of carbonyl (C=O) groups is 10. The predicted octanol–water partition coefficient (Wildman–Crippen LogP) is -2.79. The van der Waals surface area contributed by atoms with E-state index in [1.165, 1.54) is 18.2 Å². The van der Waals surface area contributed by atoms with Crippen molar-refractivity contribution in [1.82, 2.24) is 74.0 Å². The van der Waals surface area contributed by atoms with E-state index in [0.29, 0.717) is 56.4 Å². The average molecular weight is 1790 g/mol. The maximum absolute atomic E-state index is 14.8. The molecule has 1 fully saturated rings. The number of unbranched alkanes of at least 4 members (excludes halogenated alkanes) is 2. The molecule has 44 nitrogen and oxygen atoms in total. The zero-order valence-corrected chi connectivity index (χ0v) is 72.9. The van der Waals surface area contributed by atoms with Crippen LogP contribution in [0.25, 0.3) is 0 Å². The van der Waals surface area contributed by atoms with E-state index in [0.717, 1.165) is 39.3 Å². The lowest BCUT2D eigenvalue weighted by atomic mass is 9.81. The second-order valence-corrected chi connectivity index (χ2v) is 34.6. The predicted molar refractivity (Wildman–Crippen MR) is 472 cm³/mol. The van der Waals surface area contributed by atoms with Crippen LogP contribution in [-0.2, 0) is 79.6 Å². The highest BCUT2D eigenvalue weighted by Crippen LogP contribution is 2.49. The van der Waals surface area contributed by atoms with E-state index in [4.69, 9.17) is 77.6 Å². The lowest BCUT2D eigenvalue weighted by molar-refractivity contribution is -0.138. The Morgan fingerprint density at radius 2 is 0.960 bits per heavy atom. The molecule has 0 saturated carbocycles. The number of carbonyl (C=O) groups excluding carboxylic acids is 10. The summed E-state index contributed by atoms with van der Waals surface area (Å²) < 4.78 is 58.1. The highest BCUT2D eigenvalue weighted by Gasteiger charge is 2.43. The second kappa shape index (κ2) is 49.8. The third-order valence-corrected chi connectivity index (χ3v) is 23.4. The van der Waals surface area contributed by atoms with Gasteiger partial charge in [0.05, 0.1) is 26.4 Å². The number of benzene rings is 2. The smallest absolute Gasteiger partial charge is 0.294 e. The highest BCUT2D eigenvalue weighted by molar-refractivity contribution is 8.00. The average Bonchev–Trinajstić information content (AvgIpc) is 1.58. The van der Waals surface area contributed by atoms with Crippen molar-refractivity contribution in [1.29, 1.82) is 32.5 Å². The van der Waals surface area contributed by atoms with Crippen LogP contribution in [0, 0.1) is 38.4 Å². The number of fused-ring (bicyclic) bond motifs is 2. The molecule has 0 bridgehead atoms. The summed E-state index contributed by atoms with van der Waals surface area (Å²) >= 11 is 0.847. The minimum absolute atomic E-state index is 0.00268. The number of aliphatic imine (C=N–C) groups is 1. The number of nitrogens with one attached hydrogen (secondary N) is 19. The molecule has 124 heavy (non-hydrogen) atoms. The number of nitrogens with two attached hydrogens (primary N) is 7. The first kappa shape index (κ1) is 102. The molecule has 8 atom stereocenters. The molecular weight excluding hydrogens is 1670 g/mol. The first-order valence-corrected chi connectivity index (χ1v) is 44.2. The quantitative estimate of drug-likeness (QED) is 0.00605. The fourth-order valence-corrected chi connectivity index (χ4v) is 15.9. The minimum Gasteiger partial charge on any atom is -0.370 e. The molecule has 0 radical (unpaired) electrons. The third-order valence-electron chi connectivity index (χ3n) is 20.6. The maximum atomic E-state index is 14.8. The number of thiol groups is 1. The summed E-state index contributed by atoms with van der Waals surface area (Å²) in [6.07, 6.45) is 11.1. The Balaban J connectivity index is 1.25. The summed E-state index contributed by atoms with van der Waals surface area (Å²) in [5.74, 6) is -11.1. The van der Waals surface area contributed by atoms with E-state index < -0.39 is 156 Å². The first-order valence-electron chi connectivity index (χ1n) is 40.6. The summed E-state index contributed by atoms with van der Waals surface area (Å²) in [5.41, 5.74) is 42.0. The largest absolute Gasteiger partial charge is 0.370 e. The van der Waals surface area contributed by atoms with E-state index in [1.807, 2.05) is 58.1 Å². The molecule has 34 N–H and O–H groups in total. The Hall–Kier alpha value is -12.1. The molecular formula is C77H123N29O15S3. The van der Waals surface area contributed by atoms with Crippen LogP contribution in [0.1, 0.15) is 155 Å². The number of rotatable bonds is 54. The number of hydrogen-bond acceptors (Lipinski definition) is 23. The number of thioether (sulfide) groups is 1. The molecule has 2 aromatic rings. The van der Waals surface area contributed by atoms with Crippen LogP contribution in [-0.4, -0.2) is 233 Å². The van der Waals surface area contributed by atoms with Crippen LogP contribution in [0.4, 0.5) is 11.4 Å². The van der Waals surface area contributed by atoms with Crippen molar-refractivity contribution < 1.29 is 69.3 Å². The van der Waals surface area contributed by atoms with Gasteiger partial charge in [-0.15, -0.1) is 11.8 Å². The van der Waals surface area contributed by atoms with Crippen molar-refractivity contribution in [2.24, 2.45) is 51.0 Å². The topological polar surface area (TPSA) is 760 Å². The van der Waals surface area contributed by atoms with Crippen LogP contribution in [0.15, 0.2) is 87.3 Å². The Morgan fingerprint density at radius 3 is 1.39 bits per heavy atom. The van der Waals surface area contributed by atoms with Gasteiger partial charge in [0.15, 0.2) is 46.5 Å². The van der Waals surface area contributed by atoms with Gasteiger partial charge in [-0.1, -0.05) is 59.3 Å².